The first-order valence-electron chi connectivity index (χ1n) is 2.69. The average Bonchev–Trinajstić information content (AvgIpc) is 2.10. The highest BCUT2D eigenvalue weighted by Gasteiger charge is 2.61. The lowest BCUT2D eigenvalue weighted by molar-refractivity contribution is -0.151. The Morgan fingerprint density at radius 3 is 1.89 bits per heavy atom. The van der Waals surface area contributed by atoms with Crippen LogP contribution in [0, 0.1) is 5.92 Å². The van der Waals surface area contributed by atoms with E-state index < -0.39 is 17.6 Å². The molecule has 0 bridgehead atoms. The highest BCUT2D eigenvalue weighted by atomic mass is 19.4. The third-order valence-electron chi connectivity index (χ3n) is 1.67. The van der Waals surface area contributed by atoms with Crippen LogP contribution in [0.4, 0.5) is 13.2 Å². The van der Waals surface area contributed by atoms with Gasteiger partial charge in [-0.05, 0) is 13.3 Å². The zero-order valence-electron chi connectivity index (χ0n) is 5.00. The summed E-state index contributed by atoms with van der Waals surface area (Å²) in [7, 11) is 0. The molecule has 1 aliphatic carbocycles. The van der Waals surface area contributed by atoms with Gasteiger partial charge in [0.2, 0.25) is 0 Å². The second-order valence-electron chi connectivity index (χ2n) is 2.80. The number of nitrogens with two attached hydrogens (primary N) is 1. The molecule has 1 aliphatic rings. The molecule has 0 aliphatic heterocycles. The molecule has 0 aromatic heterocycles. The minimum absolute atomic E-state index is 0.0799. The van der Waals surface area contributed by atoms with Gasteiger partial charge in [-0.15, -0.1) is 0 Å². The molecule has 0 radical (unpaired) electrons. The van der Waals surface area contributed by atoms with E-state index in [1.165, 1.54) is 6.92 Å². The number of halogens is 3. The molecule has 0 spiro atoms. The van der Waals surface area contributed by atoms with Crippen molar-refractivity contribution in [3.63, 3.8) is 0 Å². The fourth-order valence-corrected chi connectivity index (χ4v) is 0.871. The molecular formula is C5H8F3N. The van der Waals surface area contributed by atoms with Gasteiger partial charge in [0, 0.05) is 5.54 Å². The van der Waals surface area contributed by atoms with Crippen molar-refractivity contribution in [1.82, 2.24) is 0 Å². The molecule has 1 nitrogen and oxygen atoms in total. The van der Waals surface area contributed by atoms with Gasteiger partial charge in [0.25, 0.3) is 0 Å². The minimum Gasteiger partial charge on any atom is -0.325 e. The van der Waals surface area contributed by atoms with Crippen LogP contribution < -0.4 is 5.73 Å². The van der Waals surface area contributed by atoms with Crippen LogP contribution in [0.2, 0.25) is 0 Å². The van der Waals surface area contributed by atoms with Crippen LogP contribution in [0.5, 0.6) is 0 Å². The molecule has 0 heterocycles. The van der Waals surface area contributed by atoms with Gasteiger partial charge in [-0.1, -0.05) is 0 Å². The molecule has 2 atom stereocenters. The summed E-state index contributed by atoms with van der Waals surface area (Å²) in [5, 5.41) is 0. The summed E-state index contributed by atoms with van der Waals surface area (Å²) < 4.78 is 35.0. The number of alkyl halides is 3. The second kappa shape index (κ2) is 1.42. The van der Waals surface area contributed by atoms with Gasteiger partial charge < -0.3 is 5.73 Å². The third kappa shape index (κ3) is 1.18. The van der Waals surface area contributed by atoms with Gasteiger partial charge in [-0.3, -0.25) is 0 Å². The van der Waals surface area contributed by atoms with Crippen molar-refractivity contribution in [3.8, 4) is 0 Å². The molecule has 0 saturated heterocycles. The molecule has 0 aromatic rings. The summed E-state index contributed by atoms with van der Waals surface area (Å²) in [6, 6.07) is 0. The normalized spacial score (nSPS) is 43.0. The molecule has 0 aromatic carbocycles. The van der Waals surface area contributed by atoms with Crippen LogP contribution in [0.3, 0.4) is 0 Å². The summed E-state index contributed by atoms with van der Waals surface area (Å²) >= 11 is 0. The zero-order valence-corrected chi connectivity index (χ0v) is 5.00. The van der Waals surface area contributed by atoms with E-state index in [1.807, 2.05) is 0 Å². The number of rotatable bonds is 0. The Labute approximate surface area is 51.0 Å². The monoisotopic (exact) mass is 139 g/mol. The van der Waals surface area contributed by atoms with Crippen LogP contribution in [0.1, 0.15) is 13.3 Å². The summed E-state index contributed by atoms with van der Waals surface area (Å²) in [5.74, 6) is -1.26. The van der Waals surface area contributed by atoms with E-state index in [0.29, 0.717) is 0 Å². The molecule has 1 rings (SSSR count). The van der Waals surface area contributed by atoms with Crippen molar-refractivity contribution in [2.75, 3.05) is 0 Å². The van der Waals surface area contributed by atoms with E-state index >= 15 is 0 Å². The quantitative estimate of drug-likeness (QED) is 0.537. The highest BCUT2D eigenvalue weighted by Crippen LogP contribution is 2.51. The van der Waals surface area contributed by atoms with Crippen LogP contribution in [-0.4, -0.2) is 11.7 Å². The Hall–Kier alpha value is -0.250. The van der Waals surface area contributed by atoms with Crippen LogP contribution >= 0.6 is 0 Å². The number of hydrogen-bond donors (Lipinski definition) is 1. The summed E-state index contributed by atoms with van der Waals surface area (Å²) in [4.78, 5) is 0. The van der Waals surface area contributed by atoms with Crippen molar-refractivity contribution in [2.45, 2.75) is 25.1 Å². The third-order valence-corrected chi connectivity index (χ3v) is 1.67. The lowest BCUT2D eigenvalue weighted by atomic mass is 10.2. The SMILES string of the molecule is C[C@]1(N)C[C@H]1C(F)(F)F. The van der Waals surface area contributed by atoms with Crippen molar-refractivity contribution in [2.24, 2.45) is 11.7 Å². The van der Waals surface area contributed by atoms with E-state index in [2.05, 4.69) is 0 Å². The standard InChI is InChI=1S/C5H8F3N/c1-4(9)2-3(4)5(6,7)8/h3H,2,9H2,1H3/t3-,4+/m1/s1. The van der Waals surface area contributed by atoms with E-state index in [1.54, 1.807) is 0 Å². The molecule has 1 saturated carbocycles. The molecule has 9 heavy (non-hydrogen) atoms. The zero-order chi connectivity index (χ0) is 7.28. The summed E-state index contributed by atoms with van der Waals surface area (Å²) in [5.41, 5.74) is 4.20. The molecule has 0 amide bonds. The maximum absolute atomic E-state index is 11.7. The van der Waals surface area contributed by atoms with Crippen molar-refractivity contribution >= 4 is 0 Å². The first-order chi connectivity index (χ1) is 3.84. The maximum Gasteiger partial charge on any atom is 0.393 e. The lowest BCUT2D eigenvalue weighted by Gasteiger charge is -2.06. The van der Waals surface area contributed by atoms with Gasteiger partial charge in [0.05, 0.1) is 5.92 Å². The highest BCUT2D eigenvalue weighted by molar-refractivity contribution is 5.07. The lowest BCUT2D eigenvalue weighted by Crippen LogP contribution is -2.27. The van der Waals surface area contributed by atoms with Crippen molar-refractivity contribution in [3.05, 3.63) is 0 Å². The Bertz CT molecular complexity index is 127. The van der Waals surface area contributed by atoms with Crippen molar-refractivity contribution in [1.29, 1.82) is 0 Å². The minimum atomic E-state index is -4.08. The first kappa shape index (κ1) is 6.86. The van der Waals surface area contributed by atoms with Crippen LogP contribution in [0.15, 0.2) is 0 Å². The number of hydrogen-bond acceptors (Lipinski definition) is 1. The van der Waals surface area contributed by atoms with Gasteiger partial charge >= 0.3 is 6.18 Å². The average molecular weight is 139 g/mol. The van der Waals surface area contributed by atoms with Gasteiger partial charge in [-0.2, -0.15) is 13.2 Å². The molecule has 0 unspecified atom stereocenters. The van der Waals surface area contributed by atoms with E-state index in [9.17, 15) is 13.2 Å². The van der Waals surface area contributed by atoms with Gasteiger partial charge in [0.1, 0.15) is 0 Å². The maximum atomic E-state index is 11.7. The molecule has 4 heteroatoms. The molecule has 2 N–H and O–H groups in total. The predicted octanol–water partition coefficient (Wildman–Crippen LogP) is 1.29. The van der Waals surface area contributed by atoms with Crippen LogP contribution in [0.25, 0.3) is 0 Å². The van der Waals surface area contributed by atoms with E-state index in [0.717, 1.165) is 0 Å². The smallest absolute Gasteiger partial charge is 0.325 e. The van der Waals surface area contributed by atoms with E-state index in [-0.39, 0.29) is 6.42 Å². The fraction of sp³-hybridized carbons (Fsp3) is 1.00. The van der Waals surface area contributed by atoms with Gasteiger partial charge in [-0.25, -0.2) is 0 Å². The Morgan fingerprint density at radius 2 is 1.89 bits per heavy atom. The van der Waals surface area contributed by atoms with Crippen molar-refractivity contribution < 1.29 is 13.2 Å². The molecular weight excluding hydrogens is 131 g/mol. The molecule has 1 fully saturated rings. The summed E-state index contributed by atoms with van der Waals surface area (Å²) in [6.45, 7) is 1.42. The van der Waals surface area contributed by atoms with E-state index in [4.69, 9.17) is 5.73 Å². The predicted molar refractivity (Wildman–Crippen MR) is 26.8 cm³/mol. The Kier molecular flexibility index (Phi) is 1.09. The fourth-order valence-electron chi connectivity index (χ4n) is 0.871. The van der Waals surface area contributed by atoms with Crippen LogP contribution in [-0.2, 0) is 0 Å². The summed E-state index contributed by atoms with van der Waals surface area (Å²) in [6.07, 6.45) is -4.00. The second-order valence-corrected chi connectivity index (χ2v) is 2.80. The molecule has 54 valence electrons. The topological polar surface area (TPSA) is 26.0 Å². The van der Waals surface area contributed by atoms with Gasteiger partial charge in [0.15, 0.2) is 0 Å². The largest absolute Gasteiger partial charge is 0.393 e. The Morgan fingerprint density at radius 1 is 1.56 bits per heavy atom. The Balaban J connectivity index is 2.52. The first-order valence-corrected chi connectivity index (χ1v) is 2.69.